The molecule has 5 atom stereocenters. The van der Waals surface area contributed by atoms with E-state index < -0.39 is 72.2 Å². The summed E-state index contributed by atoms with van der Waals surface area (Å²) in [6.07, 6.45) is 5.08. The fourth-order valence-electron chi connectivity index (χ4n) is 7.47. The third-order valence-corrected chi connectivity index (χ3v) is 10.3. The van der Waals surface area contributed by atoms with E-state index >= 15 is 0 Å². The molecule has 1 saturated carbocycles. The highest BCUT2D eigenvalue weighted by Crippen LogP contribution is 2.30. The number of ketones is 1. The molecule has 0 spiro atoms. The van der Waals surface area contributed by atoms with E-state index in [2.05, 4.69) is 21.3 Å². The lowest BCUT2D eigenvalue weighted by Gasteiger charge is -2.35. The van der Waals surface area contributed by atoms with E-state index in [4.69, 9.17) is 9.47 Å². The number of carboxylic acid groups (broad SMARTS) is 1. The normalized spacial score (nSPS) is 22.0. The molecule has 2 fully saturated rings. The predicted octanol–water partition coefficient (Wildman–Crippen LogP) is 1.98. The first-order valence-electron chi connectivity index (χ1n) is 19.2. The van der Waals surface area contributed by atoms with Gasteiger partial charge in [-0.25, -0.2) is 4.79 Å². The van der Waals surface area contributed by atoms with E-state index in [9.17, 15) is 38.7 Å². The van der Waals surface area contributed by atoms with Crippen molar-refractivity contribution in [1.29, 1.82) is 0 Å². The Morgan fingerprint density at radius 3 is 2.44 bits per heavy atom. The third-order valence-electron chi connectivity index (χ3n) is 10.3. The lowest BCUT2D eigenvalue weighted by atomic mass is 9.83. The Morgan fingerprint density at radius 2 is 1.71 bits per heavy atom. The molecule has 2 aromatic carbocycles. The van der Waals surface area contributed by atoms with Crippen molar-refractivity contribution in [2.24, 2.45) is 5.92 Å². The van der Waals surface area contributed by atoms with Gasteiger partial charge < -0.3 is 40.7 Å². The molecule has 15 nitrogen and oxygen atoms in total. The molecule has 296 valence electrons. The number of nitrogens with zero attached hydrogens (tertiary/aromatic N) is 1. The average Bonchev–Trinajstić information content (AvgIpc) is 3.62. The van der Waals surface area contributed by atoms with Gasteiger partial charge in [0.05, 0.1) is 38.3 Å². The monoisotopic (exact) mass is 761 g/mol. The van der Waals surface area contributed by atoms with Crippen LogP contribution in [0.4, 0.5) is 0 Å². The zero-order chi connectivity index (χ0) is 39.3. The minimum Gasteiger partial charge on any atom is -0.493 e. The predicted molar refractivity (Wildman–Crippen MR) is 198 cm³/mol. The van der Waals surface area contributed by atoms with Crippen LogP contribution in [0.1, 0.15) is 81.9 Å². The van der Waals surface area contributed by atoms with Crippen molar-refractivity contribution in [3.8, 4) is 5.75 Å². The number of carbonyl (C=O) groups is 7. The Kier molecular flexibility index (Phi) is 14.7. The summed E-state index contributed by atoms with van der Waals surface area (Å²) in [6.45, 7) is 1.86. The topological polar surface area (TPSA) is 210 Å². The van der Waals surface area contributed by atoms with Gasteiger partial charge in [-0.3, -0.25) is 28.8 Å². The molecule has 5 amide bonds. The lowest BCUT2D eigenvalue weighted by molar-refractivity contribution is -0.144. The Hall–Kier alpha value is -5.31. The Labute approximate surface area is 320 Å². The van der Waals surface area contributed by atoms with Crippen molar-refractivity contribution >= 4 is 41.3 Å². The second kappa shape index (κ2) is 19.9. The molecule has 0 aromatic heterocycles. The van der Waals surface area contributed by atoms with Gasteiger partial charge in [0.1, 0.15) is 17.8 Å². The van der Waals surface area contributed by atoms with Crippen LogP contribution in [0.25, 0.3) is 0 Å². The zero-order valence-corrected chi connectivity index (χ0v) is 31.1. The van der Waals surface area contributed by atoms with Crippen molar-refractivity contribution in [3.05, 3.63) is 65.7 Å². The fraction of sp³-hybridized carbons (Fsp3) is 0.525. The molecule has 5 N–H and O–H groups in total. The summed E-state index contributed by atoms with van der Waals surface area (Å²) in [6, 6.07) is 10.7. The minimum absolute atomic E-state index is 0.0427. The number of fused-ring (bicyclic) bond motifs is 4. The molecule has 0 radical (unpaired) electrons. The van der Waals surface area contributed by atoms with E-state index in [-0.39, 0.29) is 37.6 Å². The molecule has 1 unspecified atom stereocenters. The smallest absolute Gasteiger partial charge is 0.330 e. The van der Waals surface area contributed by atoms with Crippen LogP contribution < -0.4 is 26.0 Å². The van der Waals surface area contributed by atoms with E-state index in [0.717, 1.165) is 37.7 Å². The lowest BCUT2D eigenvalue weighted by Crippen LogP contribution is -2.58. The van der Waals surface area contributed by atoms with Crippen LogP contribution in [0.15, 0.2) is 54.6 Å². The van der Waals surface area contributed by atoms with Gasteiger partial charge in [0.25, 0.3) is 5.91 Å². The molecular formula is C40H51N5O10. The average molecular weight is 762 g/mol. The van der Waals surface area contributed by atoms with Crippen LogP contribution in [0.5, 0.6) is 5.75 Å². The number of amides is 5. The molecule has 55 heavy (non-hydrogen) atoms. The van der Waals surface area contributed by atoms with E-state index in [1.54, 1.807) is 31.2 Å². The van der Waals surface area contributed by atoms with Crippen molar-refractivity contribution in [1.82, 2.24) is 26.2 Å². The number of benzene rings is 2. The number of rotatable bonds is 12. The summed E-state index contributed by atoms with van der Waals surface area (Å²) >= 11 is 0. The summed E-state index contributed by atoms with van der Waals surface area (Å²) in [4.78, 5) is 94.2. The standard InChI is InChI=1S/C40H51N5O10/c1-2-11-30(36(48)38(50)41-23-33(47)44-35(40(52)53)27-15-7-4-8-16-27)42-37(49)31-22-29-24-45(31)39(51)34(26-13-5-3-6-14-26)43-32(46)21-25-12-9-17-28(20-25)54-18-10-19-55-29/h4,7-9,12,15-17,20,26,29-31,34-35H,2-3,5-6,10-11,13-14,18-19,21-24H2,1H3,(H,41,50)(H,42,49)(H,43,46)(H,44,47)(H,52,53)/t29-,30?,31+,34+,35+/m1/s1. The molecule has 3 aliphatic rings. The van der Waals surface area contributed by atoms with Crippen LogP contribution in [0.3, 0.4) is 0 Å². The fourth-order valence-corrected chi connectivity index (χ4v) is 7.47. The maximum atomic E-state index is 14.5. The van der Waals surface area contributed by atoms with Crippen LogP contribution in [-0.4, -0.2) is 102 Å². The molecule has 1 saturated heterocycles. The second-order valence-electron chi connectivity index (χ2n) is 14.4. The van der Waals surface area contributed by atoms with Crippen molar-refractivity contribution in [2.75, 3.05) is 26.3 Å². The van der Waals surface area contributed by atoms with E-state index in [0.29, 0.717) is 37.4 Å². The van der Waals surface area contributed by atoms with Gasteiger partial charge in [-0.2, -0.15) is 0 Å². The number of aliphatic carboxylic acids is 1. The third kappa shape index (κ3) is 11.4. The summed E-state index contributed by atoms with van der Waals surface area (Å²) in [5.41, 5.74) is 1.06. The highest BCUT2D eigenvalue weighted by Gasteiger charge is 2.45. The first kappa shape index (κ1) is 40.9. The van der Waals surface area contributed by atoms with Crippen LogP contribution >= 0.6 is 0 Å². The summed E-state index contributed by atoms with van der Waals surface area (Å²) in [5.74, 6) is -5.13. The number of nitrogens with one attached hydrogen (secondary N) is 4. The van der Waals surface area contributed by atoms with Gasteiger partial charge >= 0.3 is 5.97 Å². The second-order valence-corrected chi connectivity index (χ2v) is 14.4. The Bertz CT molecular complexity index is 1700. The first-order chi connectivity index (χ1) is 26.5. The first-order valence-corrected chi connectivity index (χ1v) is 19.2. The summed E-state index contributed by atoms with van der Waals surface area (Å²) in [5, 5.41) is 19.9. The van der Waals surface area contributed by atoms with Crippen molar-refractivity contribution in [3.63, 3.8) is 0 Å². The van der Waals surface area contributed by atoms with Crippen LogP contribution in [-0.2, 0) is 44.7 Å². The highest BCUT2D eigenvalue weighted by atomic mass is 16.5. The molecule has 4 bridgehead atoms. The number of carbonyl (C=O) groups excluding carboxylic acids is 6. The van der Waals surface area contributed by atoms with Gasteiger partial charge in [-0.15, -0.1) is 0 Å². The van der Waals surface area contributed by atoms with Gasteiger partial charge in [0, 0.05) is 19.4 Å². The number of hydrogen-bond acceptors (Lipinski definition) is 9. The minimum atomic E-state index is -1.37. The number of hydrogen-bond donors (Lipinski definition) is 5. The van der Waals surface area contributed by atoms with Crippen molar-refractivity contribution in [2.45, 2.75) is 101 Å². The maximum absolute atomic E-state index is 14.5. The quantitative estimate of drug-likeness (QED) is 0.199. The Morgan fingerprint density at radius 1 is 0.945 bits per heavy atom. The molecule has 15 heteroatoms. The molecule has 2 aliphatic heterocycles. The van der Waals surface area contributed by atoms with Crippen molar-refractivity contribution < 1.29 is 48.1 Å². The largest absolute Gasteiger partial charge is 0.493 e. The van der Waals surface area contributed by atoms with E-state index in [1.165, 1.54) is 17.0 Å². The zero-order valence-electron chi connectivity index (χ0n) is 31.1. The van der Waals surface area contributed by atoms with Gasteiger partial charge in [-0.05, 0) is 48.4 Å². The SMILES string of the molecule is CCCC(NC(=O)[C@@H]1C[C@@H]2CN1C(=O)[C@H](C1CCCCC1)NC(=O)Cc1cccc(c1)OCCCO2)C(=O)C(=O)NCC(=O)N[C@H](C(=O)O)c1ccccc1. The molecule has 2 aromatic rings. The number of Topliss-reactive ketones (excluding diaryl/α,β-unsaturated/α-hetero) is 1. The summed E-state index contributed by atoms with van der Waals surface area (Å²) < 4.78 is 12.0. The molecule has 2 heterocycles. The number of ether oxygens (including phenoxy) is 2. The van der Waals surface area contributed by atoms with Crippen LogP contribution in [0.2, 0.25) is 0 Å². The van der Waals surface area contributed by atoms with E-state index in [1.807, 2.05) is 18.2 Å². The highest BCUT2D eigenvalue weighted by molar-refractivity contribution is 6.38. The Balaban J connectivity index is 1.28. The maximum Gasteiger partial charge on any atom is 0.330 e. The van der Waals surface area contributed by atoms with Gasteiger partial charge in [-0.1, -0.05) is 75.1 Å². The molecule has 5 rings (SSSR count). The molecule has 1 aliphatic carbocycles. The number of carboxylic acids is 1. The van der Waals surface area contributed by atoms with Gasteiger partial charge in [0.15, 0.2) is 6.04 Å². The molecular weight excluding hydrogens is 710 g/mol. The van der Waals surface area contributed by atoms with Crippen LogP contribution in [0, 0.1) is 5.92 Å². The van der Waals surface area contributed by atoms with Gasteiger partial charge in [0.2, 0.25) is 29.4 Å². The summed E-state index contributed by atoms with van der Waals surface area (Å²) in [7, 11) is 0.